The number of hydrogen-bond acceptors (Lipinski definition) is 3. The lowest BCUT2D eigenvalue weighted by Gasteiger charge is -2.35. The van der Waals surface area contributed by atoms with Crippen molar-refractivity contribution in [2.24, 2.45) is 0 Å². The average Bonchev–Trinajstić information content (AvgIpc) is 2.95. The fourth-order valence-corrected chi connectivity index (χ4v) is 4.53. The summed E-state index contributed by atoms with van der Waals surface area (Å²) in [7, 11) is 0. The molecule has 1 aliphatic carbocycles. The van der Waals surface area contributed by atoms with E-state index < -0.39 is 11.4 Å². The van der Waals surface area contributed by atoms with Gasteiger partial charge in [-0.05, 0) is 55.4 Å². The molecule has 2 aromatic carbocycles. The van der Waals surface area contributed by atoms with Crippen molar-refractivity contribution in [3.63, 3.8) is 0 Å². The minimum absolute atomic E-state index is 0.0847. The smallest absolute Gasteiger partial charge is 0.302 e. The summed E-state index contributed by atoms with van der Waals surface area (Å²) in [4.78, 5) is 2.35. The second kappa shape index (κ2) is 6.67. The molecule has 1 saturated carbocycles. The number of para-hydroxylation sites is 2. The van der Waals surface area contributed by atoms with E-state index in [1.54, 1.807) is 0 Å². The number of rotatable bonds is 3. The molecule has 0 aromatic heterocycles. The molecule has 1 aliphatic heterocycles. The number of nitrogens with zero attached hydrogens (tertiary/aromatic N) is 1. The van der Waals surface area contributed by atoms with Gasteiger partial charge >= 0.3 is 11.4 Å². The highest BCUT2D eigenvalue weighted by molar-refractivity contribution is 7.74. The van der Waals surface area contributed by atoms with Crippen LogP contribution >= 0.6 is 0 Å². The maximum absolute atomic E-state index is 11.2. The van der Waals surface area contributed by atoms with Crippen LogP contribution in [0.2, 0.25) is 0 Å². The summed E-state index contributed by atoms with van der Waals surface area (Å²) in [6, 6.07) is 17.1. The molecule has 1 N–H and O–H groups in total. The minimum atomic E-state index is -2.23. The Labute approximate surface area is 144 Å². The molecule has 4 rings (SSSR count). The van der Waals surface area contributed by atoms with Gasteiger partial charge in [-0.15, -0.1) is 0 Å². The third-order valence-electron chi connectivity index (χ3n) is 5.12. The standard InChI is InChI=1S/C19H21NO3S/c21-24(22)23-19-11-5-10-18(19)20-16-8-3-1-6-14(16)12-13-15-7-2-4-9-17(15)20/h1-4,6-9,18-19H,5,10-13H2,(H,21,22)/t18?,19-/m1/s1. The highest BCUT2D eigenvalue weighted by Crippen LogP contribution is 2.42. The van der Waals surface area contributed by atoms with Crippen molar-refractivity contribution in [1.29, 1.82) is 0 Å². The number of aryl methyl sites for hydroxylation is 2. The monoisotopic (exact) mass is 343 g/mol. The predicted molar refractivity (Wildman–Crippen MR) is 95.7 cm³/mol. The quantitative estimate of drug-likeness (QED) is 0.856. The third-order valence-corrected chi connectivity index (χ3v) is 5.53. The lowest BCUT2D eigenvalue weighted by atomic mass is 10.0. The summed E-state index contributed by atoms with van der Waals surface area (Å²) in [5, 5.41) is 0. The largest absolute Gasteiger partial charge is 0.335 e. The molecule has 1 heterocycles. The molecule has 0 spiro atoms. The molecule has 0 saturated heterocycles. The Balaban J connectivity index is 1.82. The normalized spacial score (nSPS) is 24.1. The Morgan fingerprint density at radius 2 is 1.54 bits per heavy atom. The zero-order valence-electron chi connectivity index (χ0n) is 13.4. The fraction of sp³-hybridized carbons (Fsp3) is 0.368. The van der Waals surface area contributed by atoms with Crippen LogP contribution in [0.3, 0.4) is 0 Å². The molecule has 2 unspecified atom stereocenters. The number of hydrogen-bond donors (Lipinski definition) is 1. The van der Waals surface area contributed by atoms with Crippen LogP contribution in [0.4, 0.5) is 11.4 Å². The van der Waals surface area contributed by atoms with E-state index in [9.17, 15) is 8.76 Å². The highest BCUT2D eigenvalue weighted by Gasteiger charge is 2.37. The van der Waals surface area contributed by atoms with E-state index >= 15 is 0 Å². The molecule has 126 valence electrons. The van der Waals surface area contributed by atoms with Crippen molar-refractivity contribution >= 4 is 22.7 Å². The van der Waals surface area contributed by atoms with Gasteiger partial charge < -0.3 is 4.90 Å². The third kappa shape index (κ3) is 2.88. The van der Waals surface area contributed by atoms with Crippen LogP contribution in [0, 0.1) is 0 Å². The minimum Gasteiger partial charge on any atom is -0.335 e. The topological polar surface area (TPSA) is 49.8 Å². The van der Waals surface area contributed by atoms with Crippen molar-refractivity contribution in [1.82, 2.24) is 0 Å². The van der Waals surface area contributed by atoms with Crippen LogP contribution in [0.1, 0.15) is 30.4 Å². The molecule has 4 nitrogen and oxygen atoms in total. The van der Waals surface area contributed by atoms with Crippen molar-refractivity contribution in [3.05, 3.63) is 59.7 Å². The molecule has 3 atom stereocenters. The van der Waals surface area contributed by atoms with Gasteiger partial charge in [0.1, 0.15) is 0 Å². The van der Waals surface area contributed by atoms with Gasteiger partial charge in [0, 0.05) is 11.4 Å². The van der Waals surface area contributed by atoms with Gasteiger partial charge in [0.05, 0.1) is 12.1 Å². The molecule has 1 fully saturated rings. The van der Waals surface area contributed by atoms with Crippen LogP contribution in [-0.2, 0) is 28.4 Å². The summed E-state index contributed by atoms with van der Waals surface area (Å²) >= 11 is -2.23. The summed E-state index contributed by atoms with van der Waals surface area (Å²) in [5.74, 6) is 0. The van der Waals surface area contributed by atoms with Gasteiger partial charge in [-0.25, -0.2) is 0 Å². The lowest BCUT2D eigenvalue weighted by molar-refractivity contribution is 0.193. The van der Waals surface area contributed by atoms with E-state index in [-0.39, 0.29) is 12.1 Å². The molecular formula is C19H21NO3S. The Hall–Kier alpha value is -1.69. The van der Waals surface area contributed by atoms with Gasteiger partial charge in [-0.1, -0.05) is 36.4 Å². The van der Waals surface area contributed by atoms with Crippen molar-refractivity contribution in [2.45, 2.75) is 44.2 Å². The molecule has 0 bridgehead atoms. The zero-order chi connectivity index (χ0) is 16.5. The number of benzene rings is 2. The van der Waals surface area contributed by atoms with Crippen LogP contribution in [0.15, 0.2) is 48.5 Å². The van der Waals surface area contributed by atoms with Crippen molar-refractivity contribution in [3.8, 4) is 0 Å². The van der Waals surface area contributed by atoms with E-state index in [0.29, 0.717) is 0 Å². The van der Waals surface area contributed by atoms with E-state index in [4.69, 9.17) is 4.18 Å². The SMILES string of the molecule is O=S(O)O[C@@H]1CCCC1N1c2ccccc2CCc2ccccc21. The second-order valence-corrected chi connectivity index (χ2v) is 7.10. The first-order chi connectivity index (χ1) is 11.7. The van der Waals surface area contributed by atoms with Gasteiger partial charge in [-0.3, -0.25) is 8.74 Å². The van der Waals surface area contributed by atoms with Crippen LogP contribution in [-0.4, -0.2) is 20.9 Å². The molecule has 0 amide bonds. The van der Waals surface area contributed by atoms with Crippen molar-refractivity contribution in [2.75, 3.05) is 4.90 Å². The Morgan fingerprint density at radius 3 is 2.12 bits per heavy atom. The number of fused-ring (bicyclic) bond motifs is 2. The fourth-order valence-electron chi connectivity index (χ4n) is 4.09. The first-order valence-electron chi connectivity index (χ1n) is 8.47. The molecule has 0 radical (unpaired) electrons. The van der Waals surface area contributed by atoms with E-state index in [2.05, 4.69) is 53.4 Å². The maximum atomic E-state index is 11.2. The average molecular weight is 343 g/mol. The van der Waals surface area contributed by atoms with E-state index in [1.165, 1.54) is 22.5 Å². The summed E-state index contributed by atoms with van der Waals surface area (Å²) in [5.41, 5.74) is 5.05. The van der Waals surface area contributed by atoms with E-state index in [1.807, 2.05) is 0 Å². The van der Waals surface area contributed by atoms with E-state index in [0.717, 1.165) is 32.1 Å². The highest BCUT2D eigenvalue weighted by atomic mass is 32.2. The number of anilines is 2. The van der Waals surface area contributed by atoms with Gasteiger partial charge in [0.2, 0.25) is 0 Å². The van der Waals surface area contributed by atoms with Crippen molar-refractivity contribution < 1.29 is 12.9 Å². The Morgan fingerprint density at radius 1 is 0.958 bits per heavy atom. The summed E-state index contributed by atoms with van der Waals surface area (Å²) < 4.78 is 25.8. The Kier molecular flexibility index (Phi) is 4.39. The first-order valence-corrected chi connectivity index (χ1v) is 9.50. The van der Waals surface area contributed by atoms with Crippen LogP contribution in [0.25, 0.3) is 0 Å². The Bertz CT molecular complexity index is 716. The van der Waals surface area contributed by atoms with Gasteiger partial charge in [0.15, 0.2) is 0 Å². The second-order valence-electron chi connectivity index (χ2n) is 6.48. The first kappa shape index (κ1) is 15.8. The summed E-state index contributed by atoms with van der Waals surface area (Å²) in [6.07, 6.45) is 4.58. The molecule has 2 aromatic rings. The maximum Gasteiger partial charge on any atom is 0.302 e. The van der Waals surface area contributed by atoms with Crippen LogP contribution < -0.4 is 4.90 Å². The molecule has 2 aliphatic rings. The van der Waals surface area contributed by atoms with Crippen LogP contribution in [0.5, 0.6) is 0 Å². The summed E-state index contributed by atoms with van der Waals surface area (Å²) in [6.45, 7) is 0. The predicted octanol–water partition coefficient (Wildman–Crippen LogP) is 4.00. The van der Waals surface area contributed by atoms with Gasteiger partial charge in [-0.2, -0.15) is 4.21 Å². The molecular weight excluding hydrogens is 322 g/mol. The zero-order valence-corrected chi connectivity index (χ0v) is 14.2. The molecule has 5 heteroatoms. The lowest BCUT2D eigenvalue weighted by Crippen LogP contribution is -2.39. The molecule has 24 heavy (non-hydrogen) atoms. The van der Waals surface area contributed by atoms with Gasteiger partial charge in [0.25, 0.3) is 0 Å².